The SMILES string of the molecule is C[C@H](NC(c1ccco1)c1nccn1C)C1CCCC1. The maximum Gasteiger partial charge on any atom is 0.133 e. The maximum atomic E-state index is 5.62. The Morgan fingerprint density at radius 3 is 2.80 bits per heavy atom. The van der Waals surface area contributed by atoms with Gasteiger partial charge in [0.15, 0.2) is 0 Å². The topological polar surface area (TPSA) is 43.0 Å². The molecule has 0 aliphatic heterocycles. The predicted molar refractivity (Wildman–Crippen MR) is 78.3 cm³/mol. The lowest BCUT2D eigenvalue weighted by molar-refractivity contribution is 0.328. The number of furan rings is 1. The maximum absolute atomic E-state index is 5.62. The van der Waals surface area contributed by atoms with E-state index in [0.717, 1.165) is 17.5 Å². The summed E-state index contributed by atoms with van der Waals surface area (Å²) in [5, 5.41) is 3.73. The van der Waals surface area contributed by atoms with Crippen LogP contribution in [0.5, 0.6) is 0 Å². The van der Waals surface area contributed by atoms with Gasteiger partial charge in [-0.25, -0.2) is 4.98 Å². The summed E-state index contributed by atoms with van der Waals surface area (Å²) in [4.78, 5) is 4.49. The minimum atomic E-state index is 0.0283. The second-order valence-corrected chi connectivity index (χ2v) is 5.84. The van der Waals surface area contributed by atoms with Gasteiger partial charge >= 0.3 is 0 Å². The molecular weight excluding hydrogens is 250 g/mol. The Kier molecular flexibility index (Phi) is 3.92. The summed E-state index contributed by atoms with van der Waals surface area (Å²) in [6, 6.07) is 4.46. The van der Waals surface area contributed by atoms with Gasteiger partial charge in [0.25, 0.3) is 0 Å². The van der Waals surface area contributed by atoms with Crippen molar-refractivity contribution in [3.8, 4) is 0 Å². The van der Waals surface area contributed by atoms with Gasteiger partial charge in [-0.2, -0.15) is 0 Å². The molecular formula is C16H23N3O. The van der Waals surface area contributed by atoms with Gasteiger partial charge < -0.3 is 8.98 Å². The molecule has 0 aromatic carbocycles. The molecule has 2 aromatic heterocycles. The average molecular weight is 273 g/mol. The molecule has 0 spiro atoms. The van der Waals surface area contributed by atoms with Crippen LogP contribution in [0.25, 0.3) is 0 Å². The number of nitrogens with one attached hydrogen (secondary N) is 1. The Labute approximate surface area is 120 Å². The average Bonchev–Trinajstić information content (AvgIpc) is 3.18. The van der Waals surface area contributed by atoms with Gasteiger partial charge in [-0.3, -0.25) is 5.32 Å². The van der Waals surface area contributed by atoms with Gasteiger partial charge in [-0.15, -0.1) is 0 Å². The first kappa shape index (κ1) is 13.4. The molecule has 108 valence electrons. The molecule has 1 aliphatic carbocycles. The lowest BCUT2D eigenvalue weighted by atomic mass is 9.98. The Balaban J connectivity index is 1.81. The molecule has 0 bridgehead atoms. The summed E-state index contributed by atoms with van der Waals surface area (Å²) in [6.07, 6.45) is 10.9. The highest BCUT2D eigenvalue weighted by molar-refractivity contribution is 5.16. The fourth-order valence-corrected chi connectivity index (χ4v) is 3.25. The van der Waals surface area contributed by atoms with Gasteiger partial charge in [0.2, 0.25) is 0 Å². The van der Waals surface area contributed by atoms with Crippen molar-refractivity contribution in [1.29, 1.82) is 0 Å². The van der Waals surface area contributed by atoms with Crippen molar-refractivity contribution in [2.75, 3.05) is 0 Å². The van der Waals surface area contributed by atoms with Crippen LogP contribution in [-0.4, -0.2) is 15.6 Å². The van der Waals surface area contributed by atoms with Crippen molar-refractivity contribution in [3.05, 3.63) is 42.4 Å². The summed E-state index contributed by atoms with van der Waals surface area (Å²) in [7, 11) is 2.03. The third kappa shape index (κ3) is 2.66. The molecule has 1 saturated carbocycles. The second kappa shape index (κ2) is 5.83. The van der Waals surface area contributed by atoms with Crippen LogP contribution in [0.15, 0.2) is 35.2 Å². The number of hydrogen-bond donors (Lipinski definition) is 1. The highest BCUT2D eigenvalue weighted by Crippen LogP contribution is 2.30. The molecule has 2 heterocycles. The first-order chi connectivity index (χ1) is 9.75. The van der Waals surface area contributed by atoms with Crippen molar-refractivity contribution >= 4 is 0 Å². The Morgan fingerprint density at radius 1 is 1.40 bits per heavy atom. The first-order valence-corrected chi connectivity index (χ1v) is 7.52. The molecule has 3 rings (SSSR count). The Bertz CT molecular complexity index is 526. The predicted octanol–water partition coefficient (Wildman–Crippen LogP) is 3.27. The van der Waals surface area contributed by atoms with E-state index in [1.165, 1.54) is 25.7 Å². The quantitative estimate of drug-likeness (QED) is 0.909. The van der Waals surface area contributed by atoms with Crippen LogP contribution in [0.1, 0.15) is 50.2 Å². The molecule has 4 nitrogen and oxygen atoms in total. The van der Waals surface area contributed by atoms with E-state index in [2.05, 4.69) is 21.8 Å². The van der Waals surface area contributed by atoms with Crippen LogP contribution in [0, 0.1) is 5.92 Å². The summed E-state index contributed by atoms with van der Waals surface area (Å²) in [5.74, 6) is 2.71. The van der Waals surface area contributed by atoms with Gasteiger partial charge in [0.1, 0.15) is 17.6 Å². The van der Waals surface area contributed by atoms with Crippen molar-refractivity contribution < 1.29 is 4.42 Å². The van der Waals surface area contributed by atoms with Crippen molar-refractivity contribution in [2.45, 2.75) is 44.7 Å². The van der Waals surface area contributed by atoms with Crippen LogP contribution in [0.3, 0.4) is 0 Å². The van der Waals surface area contributed by atoms with E-state index < -0.39 is 0 Å². The molecule has 2 aromatic rings. The van der Waals surface area contributed by atoms with E-state index in [-0.39, 0.29) is 6.04 Å². The zero-order valence-corrected chi connectivity index (χ0v) is 12.2. The number of rotatable bonds is 5. The molecule has 1 fully saturated rings. The lowest BCUT2D eigenvalue weighted by Gasteiger charge is -2.25. The number of aryl methyl sites for hydroxylation is 1. The fourth-order valence-electron chi connectivity index (χ4n) is 3.25. The molecule has 1 aliphatic rings. The monoisotopic (exact) mass is 273 g/mol. The first-order valence-electron chi connectivity index (χ1n) is 7.52. The largest absolute Gasteiger partial charge is 0.467 e. The van der Waals surface area contributed by atoms with E-state index in [1.54, 1.807) is 6.26 Å². The minimum Gasteiger partial charge on any atom is -0.467 e. The van der Waals surface area contributed by atoms with Gasteiger partial charge in [-0.05, 0) is 37.8 Å². The third-order valence-corrected chi connectivity index (χ3v) is 4.48. The molecule has 4 heteroatoms. The van der Waals surface area contributed by atoms with Crippen LogP contribution in [0.4, 0.5) is 0 Å². The second-order valence-electron chi connectivity index (χ2n) is 5.84. The van der Waals surface area contributed by atoms with E-state index in [9.17, 15) is 0 Å². The van der Waals surface area contributed by atoms with E-state index in [1.807, 2.05) is 31.6 Å². The molecule has 0 amide bonds. The van der Waals surface area contributed by atoms with E-state index in [4.69, 9.17) is 4.42 Å². The van der Waals surface area contributed by atoms with Gasteiger partial charge in [0, 0.05) is 25.5 Å². The van der Waals surface area contributed by atoms with Crippen LogP contribution in [0.2, 0.25) is 0 Å². The molecule has 0 radical (unpaired) electrons. The zero-order valence-electron chi connectivity index (χ0n) is 12.2. The highest BCUT2D eigenvalue weighted by atomic mass is 16.3. The summed E-state index contributed by atoms with van der Waals surface area (Å²) >= 11 is 0. The molecule has 20 heavy (non-hydrogen) atoms. The fraction of sp³-hybridized carbons (Fsp3) is 0.562. The molecule has 0 saturated heterocycles. The smallest absolute Gasteiger partial charge is 0.133 e. The van der Waals surface area contributed by atoms with E-state index >= 15 is 0 Å². The standard InChI is InChI=1S/C16H23N3O/c1-12(13-6-3-4-7-13)18-15(14-8-5-11-20-14)16-17-9-10-19(16)2/h5,8-13,15,18H,3-4,6-7H2,1-2H3/t12-,15?/m0/s1. The van der Waals surface area contributed by atoms with Gasteiger partial charge in [0.05, 0.1) is 6.26 Å². The Morgan fingerprint density at radius 2 is 2.20 bits per heavy atom. The molecule has 2 atom stereocenters. The lowest BCUT2D eigenvalue weighted by Crippen LogP contribution is -2.37. The third-order valence-electron chi connectivity index (χ3n) is 4.48. The number of imidazole rings is 1. The summed E-state index contributed by atoms with van der Waals surface area (Å²) in [6.45, 7) is 2.29. The summed E-state index contributed by atoms with van der Waals surface area (Å²) < 4.78 is 7.68. The van der Waals surface area contributed by atoms with Crippen molar-refractivity contribution in [3.63, 3.8) is 0 Å². The van der Waals surface area contributed by atoms with Crippen LogP contribution in [-0.2, 0) is 7.05 Å². The summed E-state index contributed by atoms with van der Waals surface area (Å²) in [5.41, 5.74) is 0. The van der Waals surface area contributed by atoms with E-state index in [0.29, 0.717) is 6.04 Å². The number of aromatic nitrogens is 2. The van der Waals surface area contributed by atoms with Crippen LogP contribution >= 0.6 is 0 Å². The normalized spacial score (nSPS) is 19.3. The number of nitrogens with zero attached hydrogens (tertiary/aromatic N) is 2. The van der Waals surface area contributed by atoms with Crippen molar-refractivity contribution in [2.24, 2.45) is 13.0 Å². The van der Waals surface area contributed by atoms with Crippen LogP contribution < -0.4 is 5.32 Å². The minimum absolute atomic E-state index is 0.0283. The van der Waals surface area contributed by atoms with Crippen molar-refractivity contribution in [1.82, 2.24) is 14.9 Å². The Hall–Kier alpha value is -1.55. The highest BCUT2D eigenvalue weighted by Gasteiger charge is 2.27. The number of hydrogen-bond acceptors (Lipinski definition) is 3. The molecule has 1 N–H and O–H groups in total. The zero-order chi connectivity index (χ0) is 13.9. The van der Waals surface area contributed by atoms with Gasteiger partial charge in [-0.1, -0.05) is 12.8 Å². The molecule has 1 unspecified atom stereocenters.